The molecule has 0 heterocycles. The van der Waals surface area contributed by atoms with Crippen molar-refractivity contribution < 1.29 is 53.5 Å². The Hall–Kier alpha value is -0.940. The number of hydrogen-bond donors (Lipinski definition) is 2. The summed E-state index contributed by atoms with van der Waals surface area (Å²) < 4.78 is 91.7. The highest BCUT2D eigenvalue weighted by atomic mass is 32.2. The fourth-order valence-electron chi connectivity index (χ4n) is 4.03. The summed E-state index contributed by atoms with van der Waals surface area (Å²) in [5.74, 6) is -0.982. The summed E-state index contributed by atoms with van der Waals surface area (Å²) in [6, 6.07) is 0. The second-order valence-electron chi connectivity index (χ2n) is 23.4. The van der Waals surface area contributed by atoms with Gasteiger partial charge in [-0.2, -0.15) is 0 Å². The Balaban J connectivity index is -0.000000335. The van der Waals surface area contributed by atoms with E-state index < -0.39 is 103 Å². The van der Waals surface area contributed by atoms with E-state index in [0.29, 0.717) is 0 Å². The van der Waals surface area contributed by atoms with E-state index in [9.17, 15) is 53.5 Å². The second kappa shape index (κ2) is 20.5. The molecule has 0 aromatic rings. The lowest BCUT2D eigenvalue weighted by Gasteiger charge is -2.34. The number of sulfone groups is 4. The molecule has 0 spiro atoms. The Morgan fingerprint density at radius 1 is 0.448 bits per heavy atom. The SMILES string of the molecule is CC(C(=O)C(C)(C)C)S(=O)(=O)C(C)(C)C.CC(C(O)C(C)(C)C)S(=O)(=O)C(C)(C)C.CC(C)(C)C(=O)CS(=O)(=O)C(C)(C)C.CC(C)(C)C(O)CS(=O)(=O)C(C)(C)C. The zero-order valence-corrected chi connectivity index (χ0v) is 44.6. The molecule has 0 saturated heterocycles. The van der Waals surface area contributed by atoms with Crippen LogP contribution in [-0.2, 0) is 48.9 Å². The van der Waals surface area contributed by atoms with E-state index in [-0.39, 0.29) is 23.1 Å². The molecule has 0 rings (SSSR count). The van der Waals surface area contributed by atoms with Gasteiger partial charge in [0.25, 0.3) is 0 Å². The first-order chi connectivity index (χ1) is 24.4. The molecule has 0 aromatic heterocycles. The van der Waals surface area contributed by atoms with Gasteiger partial charge in [0.05, 0.1) is 42.2 Å². The van der Waals surface area contributed by atoms with Crippen LogP contribution in [0, 0.1) is 21.7 Å². The third kappa shape index (κ3) is 20.3. The molecule has 0 aliphatic carbocycles. The van der Waals surface area contributed by atoms with Gasteiger partial charge in [-0.25, -0.2) is 33.7 Å². The van der Waals surface area contributed by atoms with Gasteiger partial charge in [0.1, 0.15) is 11.0 Å². The van der Waals surface area contributed by atoms with E-state index >= 15 is 0 Å². The molecule has 58 heavy (non-hydrogen) atoms. The predicted molar refractivity (Wildman–Crippen MR) is 243 cm³/mol. The van der Waals surface area contributed by atoms with Crippen molar-refractivity contribution in [2.45, 2.75) is 222 Å². The Bertz CT molecular complexity index is 1770. The summed E-state index contributed by atoms with van der Waals surface area (Å²) in [6.07, 6.45) is -1.66. The molecule has 4 atom stereocenters. The number of rotatable bonds is 8. The maximum absolute atomic E-state index is 12.1. The molecule has 352 valence electrons. The fourth-order valence-corrected chi connectivity index (χ4v) is 10.2. The molecular weight excluding hydrogens is 825 g/mol. The van der Waals surface area contributed by atoms with Crippen molar-refractivity contribution in [2.75, 3.05) is 11.5 Å². The Morgan fingerprint density at radius 3 is 0.966 bits per heavy atom. The fraction of sp³-hybridized carbons (Fsp3) is 0.952. The highest BCUT2D eigenvalue weighted by Gasteiger charge is 2.43. The first-order valence-electron chi connectivity index (χ1n) is 19.7. The Kier molecular flexibility index (Phi) is 22.5. The summed E-state index contributed by atoms with van der Waals surface area (Å²) in [7, 11) is -13.3. The summed E-state index contributed by atoms with van der Waals surface area (Å²) in [5, 5.41) is 18.0. The van der Waals surface area contributed by atoms with Crippen molar-refractivity contribution in [2.24, 2.45) is 21.7 Å². The second-order valence-corrected chi connectivity index (χ2v) is 35.0. The van der Waals surface area contributed by atoms with Gasteiger partial charge in [-0.15, -0.1) is 0 Å². The van der Waals surface area contributed by atoms with Gasteiger partial charge < -0.3 is 10.2 Å². The summed E-state index contributed by atoms with van der Waals surface area (Å²) >= 11 is 0. The van der Waals surface area contributed by atoms with Gasteiger partial charge in [0, 0.05) is 10.8 Å². The molecule has 4 unspecified atom stereocenters. The molecule has 12 nitrogen and oxygen atoms in total. The molecule has 16 heteroatoms. The van der Waals surface area contributed by atoms with Crippen molar-refractivity contribution >= 4 is 50.9 Å². The van der Waals surface area contributed by atoms with Crippen LogP contribution in [0.5, 0.6) is 0 Å². The van der Waals surface area contributed by atoms with Gasteiger partial charge in [-0.1, -0.05) is 83.1 Å². The van der Waals surface area contributed by atoms with Crippen LogP contribution in [0.25, 0.3) is 0 Å². The Morgan fingerprint density at radius 2 is 0.759 bits per heavy atom. The van der Waals surface area contributed by atoms with E-state index in [4.69, 9.17) is 0 Å². The van der Waals surface area contributed by atoms with Gasteiger partial charge in [0.15, 0.2) is 50.9 Å². The van der Waals surface area contributed by atoms with Crippen molar-refractivity contribution in [3.05, 3.63) is 0 Å². The van der Waals surface area contributed by atoms with Crippen LogP contribution >= 0.6 is 0 Å². The number of carbonyl (C=O) groups excluding carboxylic acids is 2. The average Bonchev–Trinajstić information content (AvgIpc) is 2.91. The molecule has 0 aromatic carbocycles. The maximum atomic E-state index is 12.1. The number of aliphatic hydroxyl groups excluding tert-OH is 2. The lowest BCUT2D eigenvalue weighted by atomic mass is 9.87. The molecule has 0 fully saturated rings. The maximum Gasteiger partial charge on any atom is 0.164 e. The molecule has 0 saturated carbocycles. The number of hydrogen-bond acceptors (Lipinski definition) is 12. The van der Waals surface area contributed by atoms with Crippen LogP contribution < -0.4 is 0 Å². The minimum atomic E-state index is -3.41. The largest absolute Gasteiger partial charge is 0.392 e. The average molecular weight is 913 g/mol. The zero-order valence-electron chi connectivity index (χ0n) is 41.3. The minimum absolute atomic E-state index is 0.167. The molecule has 0 amide bonds. The van der Waals surface area contributed by atoms with Gasteiger partial charge in [-0.3, -0.25) is 9.59 Å². The number of Topliss-reactive ketones (excluding diaryl/α,β-unsaturated/α-hetero) is 2. The van der Waals surface area contributed by atoms with Crippen LogP contribution in [0.15, 0.2) is 0 Å². The number of carbonyl (C=O) groups is 2. The number of ketones is 2. The molecule has 2 N–H and O–H groups in total. The lowest BCUT2D eigenvalue weighted by Crippen LogP contribution is -2.46. The van der Waals surface area contributed by atoms with Crippen LogP contribution in [0.4, 0.5) is 0 Å². The van der Waals surface area contributed by atoms with Crippen LogP contribution in [-0.4, -0.2) is 109 Å². The molecule has 0 bridgehead atoms. The van der Waals surface area contributed by atoms with Crippen molar-refractivity contribution in [3.8, 4) is 0 Å². The topological polar surface area (TPSA) is 211 Å². The van der Waals surface area contributed by atoms with Crippen LogP contribution in [0.1, 0.15) is 180 Å². The summed E-state index contributed by atoms with van der Waals surface area (Å²) in [5.41, 5.74) is -2.01. The van der Waals surface area contributed by atoms with E-state index in [2.05, 4.69) is 0 Å². The van der Waals surface area contributed by atoms with E-state index in [0.717, 1.165) is 0 Å². The first kappa shape index (κ1) is 63.7. The normalized spacial score (nSPS) is 16.5. The van der Waals surface area contributed by atoms with Crippen LogP contribution in [0.3, 0.4) is 0 Å². The minimum Gasteiger partial charge on any atom is -0.392 e. The lowest BCUT2D eigenvalue weighted by molar-refractivity contribution is -0.125. The van der Waals surface area contributed by atoms with E-state index in [1.165, 1.54) is 6.92 Å². The van der Waals surface area contributed by atoms with Crippen molar-refractivity contribution in [1.82, 2.24) is 0 Å². The standard InChI is InChI=1S/C11H24O3S.C11H22O3S.C10H22O3S.C10H20O3S/c2*1-8(9(12)10(2,3)4)15(13,14)11(5,6)7;2*1-9(2,3)8(11)7-14(12,13)10(4,5)6/h8-9,12H,1-7H3;8H,1-7H3;8,11H,7H2,1-6H3;7H2,1-6H3. The zero-order chi connectivity index (χ0) is 48.9. The highest BCUT2D eigenvalue weighted by Crippen LogP contribution is 2.31. The molecule has 0 aliphatic heterocycles. The smallest absolute Gasteiger partial charge is 0.164 e. The monoisotopic (exact) mass is 913 g/mol. The van der Waals surface area contributed by atoms with E-state index in [1.54, 1.807) is 132 Å². The van der Waals surface area contributed by atoms with E-state index in [1.807, 2.05) is 41.5 Å². The summed E-state index contributed by atoms with van der Waals surface area (Å²) in [4.78, 5) is 23.4. The molecular formula is C42H88O12S4. The third-order valence-corrected chi connectivity index (χ3v) is 20.4. The molecule has 0 radical (unpaired) electrons. The quantitative estimate of drug-likeness (QED) is 0.241. The van der Waals surface area contributed by atoms with Gasteiger partial charge >= 0.3 is 0 Å². The highest BCUT2D eigenvalue weighted by molar-refractivity contribution is 7.94. The van der Waals surface area contributed by atoms with Gasteiger partial charge in [-0.05, 0) is 108 Å². The third-order valence-electron chi connectivity index (χ3n) is 9.50. The predicted octanol–water partition coefficient (Wildman–Crippen LogP) is 7.62. The first-order valence-corrected chi connectivity index (χ1v) is 26.1. The van der Waals surface area contributed by atoms with Gasteiger partial charge in [0.2, 0.25) is 0 Å². The number of aliphatic hydroxyl groups is 2. The molecule has 0 aliphatic rings. The Labute approximate surface area is 357 Å². The summed E-state index contributed by atoms with van der Waals surface area (Å²) in [6.45, 7) is 44.1. The van der Waals surface area contributed by atoms with Crippen molar-refractivity contribution in [1.29, 1.82) is 0 Å². The van der Waals surface area contributed by atoms with Crippen LogP contribution in [0.2, 0.25) is 0 Å². The van der Waals surface area contributed by atoms with Crippen molar-refractivity contribution in [3.63, 3.8) is 0 Å².